The second-order valence-corrected chi connectivity index (χ2v) is 11.0. The van der Waals surface area contributed by atoms with Gasteiger partial charge in [-0.1, -0.05) is 36.8 Å². The lowest BCUT2D eigenvalue weighted by molar-refractivity contribution is -0.134. The summed E-state index contributed by atoms with van der Waals surface area (Å²) in [7, 11) is -3.30. The fourth-order valence-corrected chi connectivity index (χ4v) is 6.91. The summed E-state index contributed by atoms with van der Waals surface area (Å²) in [6, 6.07) is 10.2. The Balaban J connectivity index is 1.27. The van der Waals surface area contributed by atoms with Crippen molar-refractivity contribution in [1.82, 2.24) is 14.5 Å². The van der Waals surface area contributed by atoms with Crippen LogP contribution in [0.4, 0.5) is 0 Å². The van der Waals surface area contributed by atoms with Crippen LogP contribution in [0.5, 0.6) is 0 Å². The molecule has 3 aliphatic heterocycles. The van der Waals surface area contributed by atoms with Gasteiger partial charge in [0, 0.05) is 32.7 Å². The smallest absolute Gasteiger partial charge is 0.239 e. The largest absolute Gasteiger partial charge is 0.341 e. The Morgan fingerprint density at radius 2 is 1.69 bits per heavy atom. The molecule has 160 valence electrons. The number of nitrogens with zero attached hydrogens (tertiary/aromatic N) is 2. The summed E-state index contributed by atoms with van der Waals surface area (Å²) in [6.45, 7) is 3.20. The minimum absolute atomic E-state index is 0.0829. The number of piperidine rings is 2. The molecule has 3 saturated heterocycles. The van der Waals surface area contributed by atoms with Crippen LogP contribution in [-0.2, 0) is 21.2 Å². The molecule has 2 atom stereocenters. The summed E-state index contributed by atoms with van der Waals surface area (Å²) in [4.78, 5) is 14.9. The van der Waals surface area contributed by atoms with Crippen LogP contribution >= 0.6 is 0 Å². The number of benzene rings is 1. The normalized spacial score (nSPS) is 27.2. The van der Waals surface area contributed by atoms with Gasteiger partial charge in [-0.15, -0.1) is 0 Å². The van der Waals surface area contributed by atoms with Gasteiger partial charge >= 0.3 is 0 Å². The zero-order valence-corrected chi connectivity index (χ0v) is 17.9. The molecule has 3 fully saturated rings. The molecule has 7 heteroatoms. The van der Waals surface area contributed by atoms with Crippen LogP contribution < -0.4 is 5.32 Å². The molecule has 3 aliphatic rings. The first-order chi connectivity index (χ1) is 14.0. The Bertz CT molecular complexity index is 785. The molecule has 1 amide bonds. The molecule has 4 rings (SSSR count). The maximum absolute atomic E-state index is 13.0. The van der Waals surface area contributed by atoms with Crippen molar-refractivity contribution in [2.45, 2.75) is 56.2 Å². The molecule has 1 N–H and O–H groups in total. The number of amides is 1. The van der Waals surface area contributed by atoms with Crippen LogP contribution in [0.25, 0.3) is 0 Å². The van der Waals surface area contributed by atoms with Gasteiger partial charge < -0.3 is 10.2 Å². The van der Waals surface area contributed by atoms with Gasteiger partial charge in [0.1, 0.15) is 0 Å². The molecule has 0 aromatic heterocycles. The highest BCUT2D eigenvalue weighted by molar-refractivity contribution is 7.89. The Labute approximate surface area is 174 Å². The summed E-state index contributed by atoms with van der Waals surface area (Å²) in [5.74, 6) is 0.699. The fraction of sp³-hybridized carbons (Fsp3) is 0.682. The van der Waals surface area contributed by atoms with Gasteiger partial charge in [0.05, 0.1) is 11.3 Å². The van der Waals surface area contributed by atoms with Gasteiger partial charge in [-0.05, 0) is 50.0 Å². The maximum Gasteiger partial charge on any atom is 0.239 e. The molecule has 0 radical (unpaired) electrons. The van der Waals surface area contributed by atoms with E-state index in [9.17, 15) is 13.2 Å². The van der Waals surface area contributed by atoms with E-state index in [0.29, 0.717) is 32.0 Å². The van der Waals surface area contributed by atoms with Crippen LogP contribution in [0.2, 0.25) is 0 Å². The van der Waals surface area contributed by atoms with E-state index in [1.807, 2.05) is 11.0 Å². The van der Waals surface area contributed by atoms with Crippen molar-refractivity contribution in [3.8, 4) is 0 Å². The van der Waals surface area contributed by atoms with E-state index in [4.69, 9.17) is 0 Å². The molecule has 1 aromatic rings. The summed E-state index contributed by atoms with van der Waals surface area (Å²) < 4.78 is 27.5. The number of carbonyl (C=O) groups is 1. The summed E-state index contributed by atoms with van der Waals surface area (Å²) >= 11 is 0. The quantitative estimate of drug-likeness (QED) is 0.793. The second-order valence-electron chi connectivity index (χ2n) is 8.78. The summed E-state index contributed by atoms with van der Waals surface area (Å²) in [5.41, 5.74) is 1.36. The van der Waals surface area contributed by atoms with Crippen molar-refractivity contribution in [3.63, 3.8) is 0 Å². The Kier molecular flexibility index (Phi) is 6.56. The average molecular weight is 420 g/mol. The monoisotopic (exact) mass is 419 g/mol. The highest BCUT2D eigenvalue weighted by atomic mass is 32.2. The molecule has 0 saturated carbocycles. The first-order valence-corrected chi connectivity index (χ1v) is 12.6. The lowest BCUT2D eigenvalue weighted by Crippen LogP contribution is -2.47. The molecule has 1 aromatic carbocycles. The molecule has 29 heavy (non-hydrogen) atoms. The van der Waals surface area contributed by atoms with Crippen molar-refractivity contribution >= 4 is 15.9 Å². The molecular formula is C22H33N3O3S. The standard InChI is InChI=1S/C22H33N3O3S/c26-22(24-13-9-19(10-14-24)15-18-7-3-1-4-8-18)21-16-20(17-23-21)29(27,28)25-11-5-2-6-12-25/h1,3-4,7-8,19-21,23H,2,5-6,9-17H2. The topological polar surface area (TPSA) is 69.7 Å². The summed E-state index contributed by atoms with van der Waals surface area (Å²) in [6.07, 6.45) is 6.50. The number of likely N-dealkylation sites (tertiary alicyclic amines) is 1. The predicted octanol–water partition coefficient (Wildman–Crippen LogP) is 2.01. The number of nitrogens with one attached hydrogen (secondary N) is 1. The van der Waals surface area contributed by atoms with Crippen LogP contribution in [0.15, 0.2) is 30.3 Å². The van der Waals surface area contributed by atoms with Gasteiger partial charge in [-0.25, -0.2) is 12.7 Å². The number of rotatable bonds is 5. The van der Waals surface area contributed by atoms with Crippen LogP contribution in [-0.4, -0.2) is 67.5 Å². The first kappa shape index (κ1) is 20.8. The number of carbonyl (C=O) groups excluding carboxylic acids is 1. The van der Waals surface area contributed by atoms with E-state index in [1.54, 1.807) is 4.31 Å². The average Bonchev–Trinajstić information content (AvgIpc) is 3.26. The third kappa shape index (κ3) is 4.84. The molecule has 6 nitrogen and oxygen atoms in total. The van der Waals surface area contributed by atoms with E-state index in [0.717, 1.165) is 51.6 Å². The fourth-order valence-electron chi connectivity index (χ4n) is 4.97. The Morgan fingerprint density at radius 1 is 1.00 bits per heavy atom. The Hall–Kier alpha value is -1.44. The maximum atomic E-state index is 13.0. The summed E-state index contributed by atoms with van der Waals surface area (Å²) in [5, 5.41) is 2.74. The van der Waals surface area contributed by atoms with E-state index in [-0.39, 0.29) is 11.9 Å². The number of hydrogen-bond donors (Lipinski definition) is 1. The number of sulfonamides is 1. The minimum Gasteiger partial charge on any atom is -0.341 e. The van der Waals surface area contributed by atoms with Gasteiger partial charge in [0.25, 0.3) is 0 Å². The molecule has 0 spiro atoms. The van der Waals surface area contributed by atoms with Crippen molar-refractivity contribution in [3.05, 3.63) is 35.9 Å². The molecule has 2 unspecified atom stereocenters. The van der Waals surface area contributed by atoms with Gasteiger partial charge in [-0.2, -0.15) is 0 Å². The third-order valence-corrected chi connectivity index (χ3v) is 9.06. The lowest BCUT2D eigenvalue weighted by Gasteiger charge is -2.33. The van der Waals surface area contributed by atoms with Crippen molar-refractivity contribution in [2.24, 2.45) is 5.92 Å². The molecular weight excluding hydrogens is 386 g/mol. The lowest BCUT2D eigenvalue weighted by atomic mass is 9.90. The van der Waals surface area contributed by atoms with E-state index in [2.05, 4.69) is 29.6 Å². The number of hydrogen-bond acceptors (Lipinski definition) is 4. The highest BCUT2D eigenvalue weighted by Crippen LogP contribution is 2.26. The third-order valence-electron chi connectivity index (χ3n) is 6.78. The van der Waals surface area contributed by atoms with Gasteiger partial charge in [0.15, 0.2) is 0 Å². The van der Waals surface area contributed by atoms with Crippen LogP contribution in [0.3, 0.4) is 0 Å². The zero-order valence-electron chi connectivity index (χ0n) is 17.1. The minimum atomic E-state index is -3.30. The van der Waals surface area contributed by atoms with Crippen LogP contribution in [0.1, 0.15) is 44.1 Å². The van der Waals surface area contributed by atoms with Gasteiger partial charge in [-0.3, -0.25) is 4.79 Å². The highest BCUT2D eigenvalue weighted by Gasteiger charge is 2.41. The van der Waals surface area contributed by atoms with Crippen molar-refractivity contribution in [1.29, 1.82) is 0 Å². The van der Waals surface area contributed by atoms with E-state index < -0.39 is 15.3 Å². The van der Waals surface area contributed by atoms with Crippen LogP contribution in [0, 0.1) is 5.92 Å². The Morgan fingerprint density at radius 3 is 2.38 bits per heavy atom. The van der Waals surface area contributed by atoms with Gasteiger partial charge in [0.2, 0.25) is 15.9 Å². The first-order valence-electron chi connectivity index (χ1n) is 11.1. The second kappa shape index (κ2) is 9.14. The van der Waals surface area contributed by atoms with Crippen molar-refractivity contribution < 1.29 is 13.2 Å². The zero-order chi connectivity index (χ0) is 20.3. The molecule has 0 aliphatic carbocycles. The van der Waals surface area contributed by atoms with E-state index >= 15 is 0 Å². The van der Waals surface area contributed by atoms with Crippen molar-refractivity contribution in [2.75, 3.05) is 32.7 Å². The molecule has 3 heterocycles. The molecule has 0 bridgehead atoms. The van der Waals surface area contributed by atoms with E-state index in [1.165, 1.54) is 5.56 Å². The predicted molar refractivity (Wildman–Crippen MR) is 114 cm³/mol. The SMILES string of the molecule is O=C(C1CC(S(=O)(=O)N2CCCCC2)CN1)N1CCC(Cc2ccccc2)CC1.